The molecule has 32 heavy (non-hydrogen) atoms. The van der Waals surface area contributed by atoms with Gasteiger partial charge in [0.05, 0.1) is 5.92 Å². The van der Waals surface area contributed by atoms with Crippen molar-refractivity contribution in [1.82, 2.24) is 20.4 Å². The number of amides is 2. The topological polar surface area (TPSA) is 88.3 Å². The van der Waals surface area contributed by atoms with Crippen LogP contribution in [0.3, 0.4) is 0 Å². The summed E-state index contributed by atoms with van der Waals surface area (Å²) in [5.41, 5.74) is 0.884. The average Bonchev–Trinajstić information content (AvgIpc) is 3.46. The molecule has 1 aromatic heterocycles. The van der Waals surface area contributed by atoms with Gasteiger partial charge < -0.3 is 14.7 Å². The molecule has 1 heterocycles. The molecular formula is C25H34N4O3. The van der Waals surface area contributed by atoms with Crippen LogP contribution in [-0.2, 0) is 9.59 Å². The molecule has 2 aliphatic carbocycles. The maximum atomic E-state index is 12.8. The zero-order valence-electron chi connectivity index (χ0n) is 19.1. The second kappa shape index (κ2) is 10.3. The Bertz CT molecular complexity index is 905. The van der Waals surface area contributed by atoms with Gasteiger partial charge in [-0.1, -0.05) is 67.6 Å². The Morgan fingerprint density at radius 3 is 2.56 bits per heavy atom. The summed E-state index contributed by atoms with van der Waals surface area (Å²) in [6, 6.07) is 9.51. The highest BCUT2D eigenvalue weighted by molar-refractivity contribution is 5.80. The normalized spacial score (nSPS) is 23.8. The highest BCUT2D eigenvalue weighted by atomic mass is 16.5. The standard InChI is InChI=1S/C25H34N4O3/c1-29(2)25(31)19-15-20(24-27-23(28-32-24)18-11-7-4-8-12-18)21(16-19)26-22(30)14-13-17-9-5-3-6-10-17/h4,7-8,11-12,17,19-21H,3,5-6,9-10,13-16H2,1-2H3,(H,26,30)/t19-,20-,21+/m1/s1. The maximum Gasteiger partial charge on any atom is 0.232 e. The lowest BCUT2D eigenvalue weighted by Crippen LogP contribution is -2.37. The molecule has 7 heteroatoms. The van der Waals surface area contributed by atoms with E-state index < -0.39 is 0 Å². The Labute approximate surface area is 189 Å². The predicted octanol–water partition coefficient (Wildman–Crippen LogP) is 4.16. The number of benzene rings is 1. The fourth-order valence-corrected chi connectivity index (χ4v) is 5.22. The van der Waals surface area contributed by atoms with Crippen LogP contribution < -0.4 is 5.32 Å². The number of nitrogens with zero attached hydrogens (tertiary/aromatic N) is 3. The quantitative estimate of drug-likeness (QED) is 0.701. The molecular weight excluding hydrogens is 404 g/mol. The molecule has 0 saturated heterocycles. The zero-order valence-corrected chi connectivity index (χ0v) is 19.1. The first-order valence-electron chi connectivity index (χ1n) is 11.9. The fourth-order valence-electron chi connectivity index (χ4n) is 5.22. The van der Waals surface area contributed by atoms with E-state index in [1.165, 1.54) is 32.1 Å². The summed E-state index contributed by atoms with van der Waals surface area (Å²) >= 11 is 0. The highest BCUT2D eigenvalue weighted by Gasteiger charge is 2.42. The van der Waals surface area contributed by atoms with Crippen LogP contribution in [0.2, 0.25) is 0 Å². The minimum Gasteiger partial charge on any atom is -0.353 e. The third kappa shape index (κ3) is 5.37. The molecule has 4 rings (SSSR count). The van der Waals surface area contributed by atoms with Crippen LogP contribution in [0.15, 0.2) is 34.9 Å². The van der Waals surface area contributed by atoms with Gasteiger partial charge in [0, 0.05) is 38.0 Å². The van der Waals surface area contributed by atoms with Crippen LogP contribution in [0, 0.1) is 11.8 Å². The van der Waals surface area contributed by atoms with Crippen molar-refractivity contribution in [2.45, 2.75) is 69.7 Å². The van der Waals surface area contributed by atoms with Crippen molar-refractivity contribution in [3.63, 3.8) is 0 Å². The van der Waals surface area contributed by atoms with Crippen LogP contribution in [0.25, 0.3) is 11.4 Å². The second-order valence-electron chi connectivity index (χ2n) is 9.55. The first-order valence-corrected chi connectivity index (χ1v) is 11.9. The Morgan fingerprint density at radius 1 is 1.09 bits per heavy atom. The molecule has 0 bridgehead atoms. The monoisotopic (exact) mass is 438 g/mol. The maximum absolute atomic E-state index is 12.8. The van der Waals surface area contributed by atoms with Gasteiger partial charge in [-0.15, -0.1) is 0 Å². The van der Waals surface area contributed by atoms with E-state index in [1.54, 1.807) is 19.0 Å². The van der Waals surface area contributed by atoms with Crippen LogP contribution in [0.1, 0.15) is 69.6 Å². The van der Waals surface area contributed by atoms with Gasteiger partial charge in [0.15, 0.2) is 0 Å². The van der Waals surface area contributed by atoms with Crippen molar-refractivity contribution < 1.29 is 14.1 Å². The molecule has 172 valence electrons. The Balaban J connectivity index is 1.45. The number of rotatable bonds is 7. The van der Waals surface area contributed by atoms with Gasteiger partial charge in [-0.05, 0) is 25.2 Å². The molecule has 0 spiro atoms. The van der Waals surface area contributed by atoms with E-state index >= 15 is 0 Å². The summed E-state index contributed by atoms with van der Waals surface area (Å²) in [6.45, 7) is 0. The molecule has 0 unspecified atom stereocenters. The number of nitrogens with one attached hydrogen (secondary N) is 1. The Hall–Kier alpha value is -2.70. The Morgan fingerprint density at radius 2 is 1.84 bits per heavy atom. The van der Waals surface area contributed by atoms with Gasteiger partial charge >= 0.3 is 0 Å². The molecule has 2 aliphatic rings. The molecule has 7 nitrogen and oxygen atoms in total. The van der Waals surface area contributed by atoms with E-state index in [0.717, 1.165) is 12.0 Å². The predicted molar refractivity (Wildman–Crippen MR) is 122 cm³/mol. The van der Waals surface area contributed by atoms with Crippen LogP contribution in [0.4, 0.5) is 0 Å². The molecule has 0 aliphatic heterocycles. The summed E-state index contributed by atoms with van der Waals surface area (Å²) < 4.78 is 5.62. The summed E-state index contributed by atoms with van der Waals surface area (Å²) in [7, 11) is 3.54. The molecule has 2 amide bonds. The van der Waals surface area contributed by atoms with Crippen molar-refractivity contribution in [2.75, 3.05) is 14.1 Å². The number of carbonyl (C=O) groups is 2. The third-order valence-corrected chi connectivity index (χ3v) is 6.99. The minimum absolute atomic E-state index is 0.0614. The van der Waals surface area contributed by atoms with E-state index in [9.17, 15) is 9.59 Å². The van der Waals surface area contributed by atoms with Gasteiger partial charge in [-0.25, -0.2) is 0 Å². The van der Waals surface area contributed by atoms with Crippen molar-refractivity contribution in [1.29, 1.82) is 0 Å². The molecule has 1 N–H and O–H groups in total. The average molecular weight is 439 g/mol. The number of aromatic nitrogens is 2. The van der Waals surface area contributed by atoms with Crippen molar-refractivity contribution in [2.24, 2.45) is 11.8 Å². The number of carbonyl (C=O) groups excluding carboxylic acids is 2. The summed E-state index contributed by atoms with van der Waals surface area (Å²) in [5.74, 6) is 1.52. The van der Waals surface area contributed by atoms with E-state index in [2.05, 4.69) is 15.5 Å². The van der Waals surface area contributed by atoms with Crippen molar-refractivity contribution in [3.05, 3.63) is 36.2 Å². The molecule has 1 aromatic carbocycles. The van der Waals surface area contributed by atoms with E-state index in [0.29, 0.717) is 36.9 Å². The lowest BCUT2D eigenvalue weighted by atomic mass is 9.86. The summed E-state index contributed by atoms with van der Waals surface area (Å²) in [6.07, 6.45) is 9.05. The molecule has 2 saturated carbocycles. The number of hydrogen-bond donors (Lipinski definition) is 1. The SMILES string of the molecule is CN(C)C(=O)[C@H]1C[C@H](NC(=O)CCC2CCCCC2)[C@H](c2nc(-c3ccccc3)no2)C1. The van der Waals surface area contributed by atoms with E-state index in [1.807, 2.05) is 30.3 Å². The summed E-state index contributed by atoms with van der Waals surface area (Å²) in [4.78, 5) is 31.7. The summed E-state index contributed by atoms with van der Waals surface area (Å²) in [5, 5.41) is 7.36. The van der Waals surface area contributed by atoms with Crippen LogP contribution in [-0.4, -0.2) is 47.0 Å². The van der Waals surface area contributed by atoms with Gasteiger partial charge in [0.25, 0.3) is 0 Å². The first-order chi connectivity index (χ1) is 15.5. The van der Waals surface area contributed by atoms with Crippen molar-refractivity contribution in [3.8, 4) is 11.4 Å². The van der Waals surface area contributed by atoms with Crippen LogP contribution >= 0.6 is 0 Å². The fraction of sp³-hybridized carbons (Fsp3) is 0.600. The van der Waals surface area contributed by atoms with Gasteiger partial charge in [0.2, 0.25) is 23.5 Å². The molecule has 0 radical (unpaired) electrons. The molecule has 2 aromatic rings. The smallest absolute Gasteiger partial charge is 0.232 e. The Kier molecular flexibility index (Phi) is 7.22. The zero-order chi connectivity index (χ0) is 22.5. The highest BCUT2D eigenvalue weighted by Crippen LogP contribution is 2.39. The molecule has 2 fully saturated rings. The third-order valence-electron chi connectivity index (χ3n) is 6.99. The molecule has 3 atom stereocenters. The second-order valence-corrected chi connectivity index (χ2v) is 9.55. The number of hydrogen-bond acceptors (Lipinski definition) is 5. The van der Waals surface area contributed by atoms with Crippen molar-refractivity contribution >= 4 is 11.8 Å². The lowest BCUT2D eigenvalue weighted by molar-refractivity contribution is -0.133. The van der Waals surface area contributed by atoms with Gasteiger partial charge in [-0.3, -0.25) is 9.59 Å². The minimum atomic E-state index is -0.174. The van der Waals surface area contributed by atoms with Gasteiger partial charge in [0.1, 0.15) is 0 Å². The van der Waals surface area contributed by atoms with E-state index in [-0.39, 0.29) is 29.7 Å². The van der Waals surface area contributed by atoms with E-state index in [4.69, 9.17) is 4.52 Å². The van der Waals surface area contributed by atoms with Crippen LogP contribution in [0.5, 0.6) is 0 Å². The lowest BCUT2D eigenvalue weighted by Gasteiger charge is -2.22. The van der Waals surface area contributed by atoms with Gasteiger partial charge in [-0.2, -0.15) is 4.98 Å². The first kappa shape index (κ1) is 22.5. The largest absolute Gasteiger partial charge is 0.353 e.